The lowest BCUT2D eigenvalue weighted by atomic mass is 9.95. The molecule has 2 rings (SSSR count). The summed E-state index contributed by atoms with van der Waals surface area (Å²) in [6.45, 7) is 2.06. The van der Waals surface area contributed by atoms with E-state index >= 15 is 0 Å². The molecule has 0 aliphatic heterocycles. The molecule has 0 radical (unpaired) electrons. The van der Waals surface area contributed by atoms with Gasteiger partial charge in [-0.25, -0.2) is 0 Å². The number of aliphatic hydroxyl groups is 1. The molecule has 0 saturated heterocycles. The van der Waals surface area contributed by atoms with Crippen LogP contribution in [0, 0.1) is 6.92 Å². The highest BCUT2D eigenvalue weighted by atomic mass is 79.9. The van der Waals surface area contributed by atoms with Crippen LogP contribution in [0.5, 0.6) is 0 Å². The van der Waals surface area contributed by atoms with E-state index in [1.807, 2.05) is 18.2 Å². The van der Waals surface area contributed by atoms with Crippen molar-refractivity contribution in [1.29, 1.82) is 0 Å². The van der Waals surface area contributed by atoms with Crippen LogP contribution in [-0.4, -0.2) is 5.11 Å². The van der Waals surface area contributed by atoms with Gasteiger partial charge in [0.15, 0.2) is 0 Å². The molecule has 0 bridgehead atoms. The predicted octanol–water partition coefficient (Wildman–Crippen LogP) is 4.68. The number of hydrogen-bond donors (Lipinski definition) is 1. The van der Waals surface area contributed by atoms with E-state index in [-0.39, 0.29) is 0 Å². The standard InChI is InChI=1S/C15H19BrO/c1-11-13(9-6-10-14(11)16)15(17)12-7-4-2-3-5-8-12/h6-7,9-10,15,17H,2-5,8H2,1H3. The zero-order valence-corrected chi connectivity index (χ0v) is 11.8. The fourth-order valence-corrected chi connectivity index (χ4v) is 2.79. The topological polar surface area (TPSA) is 20.2 Å². The molecule has 17 heavy (non-hydrogen) atoms. The summed E-state index contributed by atoms with van der Waals surface area (Å²) in [4.78, 5) is 0. The van der Waals surface area contributed by atoms with Gasteiger partial charge in [-0.15, -0.1) is 0 Å². The van der Waals surface area contributed by atoms with Gasteiger partial charge in [-0.05, 0) is 55.4 Å². The zero-order chi connectivity index (χ0) is 12.3. The molecule has 0 spiro atoms. The van der Waals surface area contributed by atoms with Crippen LogP contribution in [0.15, 0.2) is 34.3 Å². The molecule has 0 heterocycles. The number of hydrogen-bond acceptors (Lipinski definition) is 1. The Hall–Kier alpha value is -0.600. The maximum absolute atomic E-state index is 10.5. The third-order valence-electron chi connectivity index (χ3n) is 3.53. The molecule has 0 amide bonds. The maximum Gasteiger partial charge on any atom is 0.100 e. The lowest BCUT2D eigenvalue weighted by molar-refractivity contribution is 0.210. The van der Waals surface area contributed by atoms with Gasteiger partial charge >= 0.3 is 0 Å². The first-order chi connectivity index (χ1) is 8.20. The predicted molar refractivity (Wildman–Crippen MR) is 75.0 cm³/mol. The maximum atomic E-state index is 10.5. The van der Waals surface area contributed by atoms with Gasteiger partial charge in [0, 0.05) is 4.47 Å². The minimum atomic E-state index is -0.425. The molecule has 1 atom stereocenters. The Balaban J connectivity index is 2.26. The zero-order valence-electron chi connectivity index (χ0n) is 10.2. The Labute approximate surface area is 112 Å². The molecule has 0 fully saturated rings. The number of benzene rings is 1. The Morgan fingerprint density at radius 3 is 2.88 bits per heavy atom. The number of halogens is 1. The van der Waals surface area contributed by atoms with Crippen molar-refractivity contribution in [3.8, 4) is 0 Å². The van der Waals surface area contributed by atoms with Crippen molar-refractivity contribution in [1.82, 2.24) is 0 Å². The Morgan fingerprint density at radius 1 is 1.24 bits per heavy atom. The molecular formula is C15H19BrO. The van der Waals surface area contributed by atoms with Crippen molar-refractivity contribution in [3.05, 3.63) is 45.4 Å². The molecule has 1 unspecified atom stereocenters. The minimum absolute atomic E-state index is 0.425. The van der Waals surface area contributed by atoms with E-state index < -0.39 is 6.10 Å². The van der Waals surface area contributed by atoms with Gasteiger partial charge in [0.05, 0.1) is 0 Å². The van der Waals surface area contributed by atoms with Gasteiger partial charge < -0.3 is 5.11 Å². The first-order valence-corrected chi connectivity index (χ1v) is 7.11. The van der Waals surface area contributed by atoms with E-state index in [4.69, 9.17) is 0 Å². The van der Waals surface area contributed by atoms with E-state index in [9.17, 15) is 5.11 Å². The van der Waals surface area contributed by atoms with Crippen LogP contribution in [0.25, 0.3) is 0 Å². The summed E-state index contributed by atoms with van der Waals surface area (Å²) in [5, 5.41) is 10.5. The molecule has 1 aliphatic carbocycles. The number of allylic oxidation sites excluding steroid dienone is 1. The van der Waals surface area contributed by atoms with E-state index in [0.717, 1.165) is 28.4 Å². The van der Waals surface area contributed by atoms with Crippen LogP contribution in [0.3, 0.4) is 0 Å². The Bertz CT molecular complexity index is 423. The smallest absolute Gasteiger partial charge is 0.100 e. The highest BCUT2D eigenvalue weighted by Crippen LogP contribution is 2.32. The van der Waals surface area contributed by atoms with Crippen LogP contribution >= 0.6 is 15.9 Å². The molecule has 1 aromatic rings. The van der Waals surface area contributed by atoms with Crippen molar-refractivity contribution in [2.75, 3.05) is 0 Å². The summed E-state index contributed by atoms with van der Waals surface area (Å²) in [5.74, 6) is 0. The van der Waals surface area contributed by atoms with Crippen molar-refractivity contribution in [3.63, 3.8) is 0 Å². The molecule has 0 aromatic heterocycles. The highest BCUT2D eigenvalue weighted by molar-refractivity contribution is 9.10. The van der Waals surface area contributed by atoms with E-state index in [1.54, 1.807) is 0 Å². The monoisotopic (exact) mass is 294 g/mol. The second-order valence-electron chi connectivity index (χ2n) is 4.73. The third-order valence-corrected chi connectivity index (χ3v) is 4.39. The Morgan fingerprint density at radius 2 is 2.06 bits per heavy atom. The molecule has 0 saturated carbocycles. The highest BCUT2D eigenvalue weighted by Gasteiger charge is 2.17. The van der Waals surface area contributed by atoms with Crippen LogP contribution in [0.4, 0.5) is 0 Å². The van der Waals surface area contributed by atoms with Crippen LogP contribution in [0.2, 0.25) is 0 Å². The van der Waals surface area contributed by atoms with Gasteiger partial charge in [-0.1, -0.05) is 40.6 Å². The second-order valence-corrected chi connectivity index (χ2v) is 5.59. The average Bonchev–Trinajstić information content (AvgIpc) is 2.60. The molecule has 2 heteroatoms. The molecule has 1 N–H and O–H groups in total. The molecular weight excluding hydrogens is 276 g/mol. The molecule has 1 nitrogen and oxygen atoms in total. The van der Waals surface area contributed by atoms with Crippen molar-refractivity contribution < 1.29 is 5.11 Å². The second kappa shape index (κ2) is 5.83. The molecule has 1 aliphatic rings. The first kappa shape index (κ1) is 12.8. The Kier molecular flexibility index (Phi) is 4.41. The summed E-state index contributed by atoms with van der Waals surface area (Å²) in [6, 6.07) is 6.04. The van der Waals surface area contributed by atoms with E-state index in [0.29, 0.717) is 0 Å². The normalized spacial score (nSPS) is 18.4. The average molecular weight is 295 g/mol. The van der Waals surface area contributed by atoms with Gasteiger partial charge in [0.25, 0.3) is 0 Å². The van der Waals surface area contributed by atoms with Gasteiger partial charge in [0.2, 0.25) is 0 Å². The first-order valence-electron chi connectivity index (χ1n) is 6.32. The lowest BCUT2D eigenvalue weighted by Gasteiger charge is -2.17. The SMILES string of the molecule is Cc1c(Br)cccc1C(O)C1=CCCCCC1. The summed E-state index contributed by atoms with van der Waals surface area (Å²) in [6.07, 6.45) is 7.70. The fourth-order valence-electron chi connectivity index (χ4n) is 2.41. The summed E-state index contributed by atoms with van der Waals surface area (Å²) in [7, 11) is 0. The third kappa shape index (κ3) is 2.99. The van der Waals surface area contributed by atoms with E-state index in [2.05, 4.69) is 28.9 Å². The van der Waals surface area contributed by atoms with Crippen LogP contribution in [-0.2, 0) is 0 Å². The molecule has 92 valence electrons. The fraction of sp³-hybridized carbons (Fsp3) is 0.467. The largest absolute Gasteiger partial charge is 0.384 e. The van der Waals surface area contributed by atoms with Crippen molar-refractivity contribution >= 4 is 15.9 Å². The van der Waals surface area contributed by atoms with Crippen molar-refractivity contribution in [2.45, 2.75) is 45.1 Å². The summed E-state index contributed by atoms with van der Waals surface area (Å²) < 4.78 is 1.07. The quantitative estimate of drug-likeness (QED) is 0.785. The van der Waals surface area contributed by atoms with Gasteiger partial charge in [-0.3, -0.25) is 0 Å². The van der Waals surface area contributed by atoms with Crippen LogP contribution < -0.4 is 0 Å². The summed E-state index contributed by atoms with van der Waals surface area (Å²) in [5.41, 5.74) is 3.38. The van der Waals surface area contributed by atoms with Gasteiger partial charge in [-0.2, -0.15) is 0 Å². The summed E-state index contributed by atoms with van der Waals surface area (Å²) >= 11 is 3.52. The number of rotatable bonds is 2. The molecule has 1 aromatic carbocycles. The van der Waals surface area contributed by atoms with Crippen LogP contribution in [0.1, 0.15) is 49.3 Å². The number of aliphatic hydroxyl groups excluding tert-OH is 1. The minimum Gasteiger partial charge on any atom is -0.384 e. The van der Waals surface area contributed by atoms with E-state index in [1.165, 1.54) is 24.8 Å². The van der Waals surface area contributed by atoms with Crippen molar-refractivity contribution in [2.24, 2.45) is 0 Å². The van der Waals surface area contributed by atoms with Gasteiger partial charge in [0.1, 0.15) is 6.10 Å². The lowest BCUT2D eigenvalue weighted by Crippen LogP contribution is -2.04.